The van der Waals surface area contributed by atoms with Gasteiger partial charge in [-0.3, -0.25) is 9.59 Å². The number of amides is 1. The molecule has 0 saturated carbocycles. The van der Waals surface area contributed by atoms with Crippen LogP contribution in [0.4, 0.5) is 0 Å². The Hall–Kier alpha value is -4.00. The fraction of sp³-hybridized carbons (Fsp3) is 0.355. The van der Waals surface area contributed by atoms with Gasteiger partial charge in [0.05, 0.1) is 6.42 Å². The molecular formula is C31H36N2O5. The summed E-state index contributed by atoms with van der Waals surface area (Å²) in [6.45, 7) is 8.66. The molecule has 7 nitrogen and oxygen atoms in total. The second-order valence-electron chi connectivity index (χ2n) is 10.1. The molecule has 3 aromatic rings. The second kappa shape index (κ2) is 13.5. The topological polar surface area (TPSA) is 105 Å². The fourth-order valence-corrected chi connectivity index (χ4v) is 4.25. The maximum atomic E-state index is 12.3. The van der Waals surface area contributed by atoms with Crippen molar-refractivity contribution < 1.29 is 19.4 Å². The number of aliphatic carboxylic acids is 1. The lowest BCUT2D eigenvalue weighted by atomic mass is 9.95. The van der Waals surface area contributed by atoms with Gasteiger partial charge >= 0.3 is 5.97 Å². The van der Waals surface area contributed by atoms with Crippen molar-refractivity contribution in [2.45, 2.75) is 59.1 Å². The molecule has 3 rings (SSSR count). The highest BCUT2D eigenvalue weighted by Gasteiger charge is 2.18. The Morgan fingerprint density at radius 1 is 0.921 bits per heavy atom. The summed E-state index contributed by atoms with van der Waals surface area (Å²) in [4.78, 5) is 34.2. The van der Waals surface area contributed by atoms with Gasteiger partial charge in [-0.1, -0.05) is 75.3 Å². The summed E-state index contributed by atoms with van der Waals surface area (Å²) in [5.74, 6) is 0.163. The highest BCUT2D eigenvalue weighted by Crippen LogP contribution is 2.33. The van der Waals surface area contributed by atoms with E-state index in [0.29, 0.717) is 23.1 Å². The molecule has 0 saturated heterocycles. The number of carboxylic acids is 1. The zero-order chi connectivity index (χ0) is 27.7. The normalized spacial score (nSPS) is 11.8. The van der Waals surface area contributed by atoms with Gasteiger partial charge in [-0.05, 0) is 70.3 Å². The quantitative estimate of drug-likeness (QED) is 0.235. The Labute approximate surface area is 224 Å². The van der Waals surface area contributed by atoms with Gasteiger partial charge in [0, 0.05) is 12.1 Å². The van der Waals surface area contributed by atoms with Crippen molar-refractivity contribution in [2.75, 3.05) is 6.54 Å². The van der Waals surface area contributed by atoms with Crippen LogP contribution < -0.4 is 10.1 Å². The van der Waals surface area contributed by atoms with Gasteiger partial charge in [-0.15, -0.1) is 0 Å². The van der Waals surface area contributed by atoms with E-state index in [4.69, 9.17) is 9.84 Å². The van der Waals surface area contributed by atoms with E-state index < -0.39 is 5.97 Å². The van der Waals surface area contributed by atoms with Crippen LogP contribution in [0.15, 0.2) is 71.9 Å². The van der Waals surface area contributed by atoms with E-state index in [1.807, 2.05) is 30.3 Å². The standard InChI is InChI=1S/C31H36N2O5/c1-20(2)17-29(24-9-11-25(12-10-24)31(36)32-16-15-30(34)35)38-27-13-14-28(26(18-27)19-33-37)23-7-5-22(6-8-23)21(3)4/h5-14,18,20-21,29H,15-17,19H2,1-4H3,(H,32,36)(H,34,35). The molecule has 0 aromatic heterocycles. The van der Waals surface area contributed by atoms with Gasteiger partial charge in [-0.2, -0.15) is 4.91 Å². The minimum absolute atomic E-state index is 0.0407. The molecule has 0 aliphatic carbocycles. The first-order chi connectivity index (χ1) is 18.2. The monoisotopic (exact) mass is 516 g/mol. The minimum Gasteiger partial charge on any atom is -0.486 e. The van der Waals surface area contributed by atoms with Crippen molar-refractivity contribution in [2.24, 2.45) is 11.1 Å². The Bertz CT molecular complexity index is 1230. The summed E-state index contributed by atoms with van der Waals surface area (Å²) in [6.07, 6.45) is 0.370. The summed E-state index contributed by atoms with van der Waals surface area (Å²) in [5.41, 5.74) is 5.40. The Morgan fingerprint density at radius 2 is 1.58 bits per heavy atom. The highest BCUT2D eigenvalue weighted by molar-refractivity contribution is 5.94. The minimum atomic E-state index is -0.960. The molecular weight excluding hydrogens is 480 g/mol. The Morgan fingerprint density at radius 3 is 2.16 bits per heavy atom. The van der Waals surface area contributed by atoms with Gasteiger partial charge in [0.15, 0.2) is 0 Å². The zero-order valence-electron chi connectivity index (χ0n) is 22.4. The second-order valence-corrected chi connectivity index (χ2v) is 10.1. The average Bonchev–Trinajstić information content (AvgIpc) is 2.88. The number of rotatable bonds is 13. The predicted molar refractivity (Wildman–Crippen MR) is 149 cm³/mol. The number of carbonyl (C=O) groups is 2. The molecule has 0 aliphatic rings. The predicted octanol–water partition coefficient (Wildman–Crippen LogP) is 7.11. The molecule has 0 fully saturated rings. The molecule has 1 unspecified atom stereocenters. The van der Waals surface area contributed by atoms with Gasteiger partial charge in [0.25, 0.3) is 5.91 Å². The highest BCUT2D eigenvalue weighted by atomic mass is 16.5. The molecule has 3 aromatic carbocycles. The zero-order valence-corrected chi connectivity index (χ0v) is 22.4. The van der Waals surface area contributed by atoms with E-state index >= 15 is 0 Å². The fourth-order valence-electron chi connectivity index (χ4n) is 4.25. The molecule has 200 valence electrons. The largest absolute Gasteiger partial charge is 0.486 e. The lowest BCUT2D eigenvalue weighted by Crippen LogP contribution is -2.26. The van der Waals surface area contributed by atoms with Crippen LogP contribution in [0, 0.1) is 10.8 Å². The molecule has 7 heteroatoms. The van der Waals surface area contributed by atoms with Crippen molar-refractivity contribution in [1.82, 2.24) is 5.32 Å². The van der Waals surface area contributed by atoms with Crippen molar-refractivity contribution in [3.8, 4) is 16.9 Å². The lowest BCUT2D eigenvalue weighted by Gasteiger charge is -2.22. The van der Waals surface area contributed by atoms with E-state index in [2.05, 4.69) is 62.5 Å². The lowest BCUT2D eigenvalue weighted by molar-refractivity contribution is -0.136. The van der Waals surface area contributed by atoms with Gasteiger partial charge < -0.3 is 15.2 Å². The van der Waals surface area contributed by atoms with Crippen LogP contribution in [0.3, 0.4) is 0 Å². The van der Waals surface area contributed by atoms with Crippen molar-refractivity contribution in [3.63, 3.8) is 0 Å². The molecule has 2 N–H and O–H groups in total. The molecule has 1 amide bonds. The molecule has 0 spiro atoms. The van der Waals surface area contributed by atoms with Crippen LogP contribution in [0.5, 0.6) is 5.75 Å². The van der Waals surface area contributed by atoms with Crippen molar-refractivity contribution in [1.29, 1.82) is 0 Å². The summed E-state index contributed by atoms with van der Waals surface area (Å²) in [6, 6.07) is 21.3. The molecule has 0 bridgehead atoms. The number of carboxylic acid groups (broad SMARTS) is 1. The maximum Gasteiger partial charge on any atom is 0.305 e. The first-order valence-electron chi connectivity index (χ1n) is 13.0. The summed E-state index contributed by atoms with van der Waals surface area (Å²) < 4.78 is 6.42. The number of carbonyl (C=O) groups excluding carboxylic acids is 1. The average molecular weight is 517 g/mol. The van der Waals surface area contributed by atoms with Gasteiger partial charge in [0.2, 0.25) is 0 Å². The van der Waals surface area contributed by atoms with E-state index in [-0.39, 0.29) is 31.5 Å². The van der Waals surface area contributed by atoms with E-state index in [1.54, 1.807) is 12.1 Å². The third-order valence-corrected chi connectivity index (χ3v) is 6.33. The molecule has 0 aliphatic heterocycles. The Kier molecular flexibility index (Phi) is 10.2. The van der Waals surface area contributed by atoms with E-state index in [1.165, 1.54) is 5.56 Å². The number of hydrogen-bond acceptors (Lipinski definition) is 5. The van der Waals surface area contributed by atoms with Crippen LogP contribution in [0.2, 0.25) is 0 Å². The summed E-state index contributed by atoms with van der Waals surface area (Å²) in [7, 11) is 0. The van der Waals surface area contributed by atoms with Crippen molar-refractivity contribution in [3.05, 3.63) is 93.9 Å². The van der Waals surface area contributed by atoms with Crippen LogP contribution in [-0.4, -0.2) is 23.5 Å². The summed E-state index contributed by atoms with van der Waals surface area (Å²) in [5, 5.41) is 14.5. The maximum absolute atomic E-state index is 12.3. The van der Waals surface area contributed by atoms with Crippen molar-refractivity contribution >= 4 is 11.9 Å². The molecule has 38 heavy (non-hydrogen) atoms. The third-order valence-electron chi connectivity index (χ3n) is 6.33. The first-order valence-corrected chi connectivity index (χ1v) is 13.0. The van der Waals surface area contributed by atoms with Gasteiger partial charge in [0.1, 0.15) is 18.4 Å². The molecule has 0 radical (unpaired) electrons. The number of nitrogens with zero attached hydrogens (tertiary/aromatic N) is 1. The third kappa shape index (κ3) is 8.00. The van der Waals surface area contributed by atoms with Crippen LogP contribution in [-0.2, 0) is 11.3 Å². The van der Waals surface area contributed by atoms with Gasteiger partial charge in [-0.25, -0.2) is 0 Å². The van der Waals surface area contributed by atoms with E-state index in [0.717, 1.165) is 28.7 Å². The SMILES string of the molecule is CC(C)CC(Oc1ccc(-c2ccc(C(C)C)cc2)c(CN=O)c1)c1ccc(C(=O)NCCC(=O)O)cc1. The molecule has 1 atom stereocenters. The summed E-state index contributed by atoms with van der Waals surface area (Å²) >= 11 is 0. The van der Waals surface area contributed by atoms with Crippen LogP contribution >= 0.6 is 0 Å². The molecule has 0 heterocycles. The number of nitrogens with one attached hydrogen (secondary N) is 1. The van der Waals surface area contributed by atoms with E-state index in [9.17, 15) is 14.5 Å². The smallest absolute Gasteiger partial charge is 0.305 e. The van der Waals surface area contributed by atoms with Crippen LogP contribution in [0.25, 0.3) is 11.1 Å². The Balaban J connectivity index is 1.81. The number of ether oxygens (including phenoxy) is 1. The first kappa shape index (κ1) is 28.6. The number of benzene rings is 3. The number of hydrogen-bond donors (Lipinski definition) is 2. The number of nitroso groups, excluding NO2 is 1. The van der Waals surface area contributed by atoms with Crippen LogP contribution in [0.1, 0.15) is 79.6 Å².